The molecule has 1 aromatic heterocycles. The minimum Gasteiger partial charge on any atom is -0.346 e. The summed E-state index contributed by atoms with van der Waals surface area (Å²) in [7, 11) is 0. The van der Waals surface area contributed by atoms with Gasteiger partial charge in [-0.25, -0.2) is 4.98 Å². The van der Waals surface area contributed by atoms with Crippen LogP contribution in [-0.4, -0.2) is 28.0 Å². The number of aromatic nitrogens is 2. The molecule has 1 unspecified atom stereocenters. The van der Waals surface area contributed by atoms with E-state index in [4.69, 9.17) is 5.73 Å². The number of hydrogen-bond donors (Lipinski definition) is 2. The zero-order valence-corrected chi connectivity index (χ0v) is 9.36. The Morgan fingerprint density at radius 3 is 3.14 bits per heavy atom. The quantitative estimate of drug-likeness (QED) is 0.795. The van der Waals surface area contributed by atoms with E-state index in [0.717, 1.165) is 12.1 Å². The van der Waals surface area contributed by atoms with Crippen molar-refractivity contribution in [1.29, 1.82) is 0 Å². The molecule has 0 amide bonds. The van der Waals surface area contributed by atoms with Gasteiger partial charge in [-0.15, -0.1) is 0 Å². The van der Waals surface area contributed by atoms with E-state index in [9.17, 15) is 0 Å². The molecule has 3 N–H and O–H groups in total. The lowest BCUT2D eigenvalue weighted by molar-refractivity contribution is 0.725. The third-order valence-electron chi connectivity index (χ3n) is 2.70. The molecule has 4 heteroatoms. The molecule has 0 aliphatic carbocycles. The average Bonchev–Trinajstić information content (AvgIpc) is 2.76. The van der Waals surface area contributed by atoms with Crippen molar-refractivity contribution in [2.75, 3.05) is 18.1 Å². The Bertz CT molecular complexity index is 302. The van der Waals surface area contributed by atoms with E-state index in [1.165, 1.54) is 29.4 Å². The SMILES string of the molecule is Cc1[nH]c(C2CCSC2)nc1CCN. The second kappa shape index (κ2) is 4.36. The smallest absolute Gasteiger partial charge is 0.110 e. The summed E-state index contributed by atoms with van der Waals surface area (Å²) in [5, 5.41) is 0. The molecule has 1 aliphatic heterocycles. The molecule has 1 aliphatic rings. The van der Waals surface area contributed by atoms with E-state index in [1.54, 1.807) is 0 Å². The van der Waals surface area contributed by atoms with Crippen molar-refractivity contribution < 1.29 is 0 Å². The van der Waals surface area contributed by atoms with Gasteiger partial charge in [0.1, 0.15) is 5.82 Å². The summed E-state index contributed by atoms with van der Waals surface area (Å²) >= 11 is 2.02. The first-order valence-electron chi connectivity index (χ1n) is 5.14. The Morgan fingerprint density at radius 2 is 2.50 bits per heavy atom. The molecule has 0 saturated carbocycles. The highest BCUT2D eigenvalue weighted by Gasteiger charge is 2.21. The number of rotatable bonds is 3. The molecule has 0 bridgehead atoms. The molecule has 0 spiro atoms. The van der Waals surface area contributed by atoms with Crippen molar-refractivity contribution >= 4 is 11.8 Å². The van der Waals surface area contributed by atoms with Crippen LogP contribution < -0.4 is 5.73 Å². The van der Waals surface area contributed by atoms with Crippen LogP contribution in [0.4, 0.5) is 0 Å². The number of nitrogens with one attached hydrogen (secondary N) is 1. The zero-order valence-electron chi connectivity index (χ0n) is 8.55. The number of imidazole rings is 1. The van der Waals surface area contributed by atoms with Crippen molar-refractivity contribution in [1.82, 2.24) is 9.97 Å². The van der Waals surface area contributed by atoms with Gasteiger partial charge in [-0.2, -0.15) is 11.8 Å². The minimum absolute atomic E-state index is 0.644. The van der Waals surface area contributed by atoms with Gasteiger partial charge in [0.2, 0.25) is 0 Å². The Labute approximate surface area is 88.9 Å². The molecule has 2 rings (SSSR count). The van der Waals surface area contributed by atoms with Crippen LogP contribution in [0, 0.1) is 6.92 Å². The maximum atomic E-state index is 5.53. The molecule has 1 fully saturated rings. The van der Waals surface area contributed by atoms with E-state index in [-0.39, 0.29) is 0 Å². The summed E-state index contributed by atoms with van der Waals surface area (Å²) in [4.78, 5) is 8.02. The van der Waals surface area contributed by atoms with Crippen molar-refractivity contribution in [2.45, 2.75) is 25.7 Å². The highest BCUT2D eigenvalue weighted by atomic mass is 32.2. The first-order chi connectivity index (χ1) is 6.81. The second-order valence-electron chi connectivity index (χ2n) is 3.79. The first-order valence-corrected chi connectivity index (χ1v) is 6.30. The highest BCUT2D eigenvalue weighted by Crippen LogP contribution is 2.31. The summed E-state index contributed by atoms with van der Waals surface area (Å²) in [6, 6.07) is 0. The van der Waals surface area contributed by atoms with Gasteiger partial charge >= 0.3 is 0 Å². The Kier molecular flexibility index (Phi) is 3.13. The van der Waals surface area contributed by atoms with Gasteiger partial charge in [-0.1, -0.05) is 0 Å². The third kappa shape index (κ3) is 1.96. The molecular weight excluding hydrogens is 194 g/mol. The van der Waals surface area contributed by atoms with Crippen molar-refractivity contribution in [3.8, 4) is 0 Å². The number of hydrogen-bond acceptors (Lipinski definition) is 3. The van der Waals surface area contributed by atoms with Crippen molar-refractivity contribution in [3.05, 3.63) is 17.2 Å². The van der Waals surface area contributed by atoms with Gasteiger partial charge in [-0.3, -0.25) is 0 Å². The molecule has 0 radical (unpaired) electrons. The molecule has 1 saturated heterocycles. The standard InChI is InChI=1S/C10H17N3S/c1-7-9(2-4-11)13-10(12-7)8-3-5-14-6-8/h8H,2-6,11H2,1H3,(H,12,13). The first kappa shape index (κ1) is 10.1. The fourth-order valence-corrected chi connectivity index (χ4v) is 3.07. The molecule has 1 aromatic rings. The molecule has 2 heterocycles. The largest absolute Gasteiger partial charge is 0.346 e. The van der Waals surface area contributed by atoms with Gasteiger partial charge in [0.15, 0.2) is 0 Å². The fraction of sp³-hybridized carbons (Fsp3) is 0.700. The van der Waals surface area contributed by atoms with Crippen LogP contribution in [0.3, 0.4) is 0 Å². The summed E-state index contributed by atoms with van der Waals surface area (Å²) < 4.78 is 0. The highest BCUT2D eigenvalue weighted by molar-refractivity contribution is 7.99. The topological polar surface area (TPSA) is 54.7 Å². The lowest BCUT2D eigenvalue weighted by Gasteiger charge is -2.02. The Morgan fingerprint density at radius 1 is 1.64 bits per heavy atom. The predicted octanol–water partition coefficient (Wildman–Crippen LogP) is 1.44. The number of nitrogens with zero attached hydrogens (tertiary/aromatic N) is 1. The summed E-state index contributed by atoms with van der Waals surface area (Å²) in [6.45, 7) is 2.77. The predicted molar refractivity (Wildman–Crippen MR) is 60.8 cm³/mol. The Balaban J connectivity index is 2.14. The fourth-order valence-electron chi connectivity index (χ4n) is 1.85. The van der Waals surface area contributed by atoms with Gasteiger partial charge in [-0.05, 0) is 25.6 Å². The van der Waals surface area contributed by atoms with Gasteiger partial charge in [0.05, 0.1) is 5.69 Å². The lowest BCUT2D eigenvalue weighted by atomic mass is 10.1. The number of aryl methyl sites for hydroxylation is 1. The van der Waals surface area contributed by atoms with Crippen LogP contribution in [0.25, 0.3) is 0 Å². The molecule has 1 atom stereocenters. The third-order valence-corrected chi connectivity index (χ3v) is 3.86. The van der Waals surface area contributed by atoms with Gasteiger partial charge in [0, 0.05) is 23.8 Å². The van der Waals surface area contributed by atoms with E-state index in [0.29, 0.717) is 12.5 Å². The second-order valence-corrected chi connectivity index (χ2v) is 4.94. The number of aromatic amines is 1. The van der Waals surface area contributed by atoms with Gasteiger partial charge < -0.3 is 10.7 Å². The molecule has 14 heavy (non-hydrogen) atoms. The summed E-state index contributed by atoms with van der Waals surface area (Å²) in [6.07, 6.45) is 2.15. The van der Waals surface area contributed by atoms with Gasteiger partial charge in [0.25, 0.3) is 0 Å². The monoisotopic (exact) mass is 211 g/mol. The van der Waals surface area contributed by atoms with E-state index in [2.05, 4.69) is 16.9 Å². The number of thioether (sulfide) groups is 1. The van der Waals surface area contributed by atoms with Crippen molar-refractivity contribution in [2.24, 2.45) is 5.73 Å². The zero-order chi connectivity index (χ0) is 9.97. The van der Waals surface area contributed by atoms with Crippen LogP contribution in [0.1, 0.15) is 29.6 Å². The summed E-state index contributed by atoms with van der Waals surface area (Å²) in [5.41, 5.74) is 7.88. The van der Waals surface area contributed by atoms with E-state index >= 15 is 0 Å². The Hall–Kier alpha value is -0.480. The maximum absolute atomic E-state index is 5.53. The number of H-pyrrole nitrogens is 1. The van der Waals surface area contributed by atoms with Crippen LogP contribution in [-0.2, 0) is 6.42 Å². The average molecular weight is 211 g/mol. The summed E-state index contributed by atoms with van der Waals surface area (Å²) in [5.74, 6) is 4.31. The number of nitrogens with two attached hydrogens (primary N) is 1. The normalized spacial score (nSPS) is 21.7. The molecule has 3 nitrogen and oxygen atoms in total. The van der Waals surface area contributed by atoms with Crippen LogP contribution in [0.15, 0.2) is 0 Å². The molecular formula is C10H17N3S. The van der Waals surface area contributed by atoms with E-state index < -0.39 is 0 Å². The van der Waals surface area contributed by atoms with E-state index in [1.807, 2.05) is 11.8 Å². The molecule has 0 aromatic carbocycles. The van der Waals surface area contributed by atoms with Crippen LogP contribution in [0.2, 0.25) is 0 Å². The van der Waals surface area contributed by atoms with Crippen LogP contribution in [0.5, 0.6) is 0 Å². The maximum Gasteiger partial charge on any atom is 0.110 e. The van der Waals surface area contributed by atoms with Crippen LogP contribution >= 0.6 is 11.8 Å². The lowest BCUT2D eigenvalue weighted by Crippen LogP contribution is -2.04. The van der Waals surface area contributed by atoms with Crippen molar-refractivity contribution in [3.63, 3.8) is 0 Å². The molecule has 78 valence electrons. The minimum atomic E-state index is 0.644.